The second kappa shape index (κ2) is 8.94. The van der Waals surface area contributed by atoms with Gasteiger partial charge in [0.15, 0.2) is 0 Å². The van der Waals surface area contributed by atoms with Gasteiger partial charge in [-0.05, 0) is 0 Å². The number of ether oxygens (including phenoxy) is 2. The zero-order valence-electron chi connectivity index (χ0n) is 11.1. The van der Waals surface area contributed by atoms with E-state index >= 15 is 0 Å². The minimum absolute atomic E-state index is 0.0178. The van der Waals surface area contributed by atoms with Gasteiger partial charge in [-0.25, -0.2) is 0 Å². The Bertz CT molecular complexity index is 245. The maximum atomic E-state index is 11.1. The first-order chi connectivity index (χ1) is 7.86. The first kappa shape index (κ1) is 17.9. The molecule has 0 bridgehead atoms. The van der Waals surface area contributed by atoms with Gasteiger partial charge < -0.3 is 0 Å². The van der Waals surface area contributed by atoms with E-state index in [1.807, 2.05) is 0 Å². The van der Waals surface area contributed by atoms with Gasteiger partial charge in [0.1, 0.15) is 0 Å². The van der Waals surface area contributed by atoms with Crippen LogP contribution in [-0.4, -0.2) is 64.0 Å². The molecular formula is C10H24InO5P. The van der Waals surface area contributed by atoms with Crippen molar-refractivity contribution in [2.45, 2.75) is 48.2 Å². The summed E-state index contributed by atoms with van der Waals surface area (Å²) < 4.78 is 21.4. The van der Waals surface area contributed by atoms with Crippen molar-refractivity contribution in [2.24, 2.45) is 0 Å². The van der Waals surface area contributed by atoms with E-state index in [-0.39, 0.29) is 36.6 Å². The molecule has 0 saturated heterocycles. The Morgan fingerprint density at radius 2 is 1.59 bits per heavy atom. The van der Waals surface area contributed by atoms with E-state index in [9.17, 15) is 4.57 Å². The molecule has 17 heavy (non-hydrogen) atoms. The molecule has 0 aromatic rings. The molecule has 0 fully saturated rings. The molecule has 0 aromatic carbocycles. The van der Waals surface area contributed by atoms with Crippen molar-refractivity contribution in [3.05, 3.63) is 0 Å². The van der Waals surface area contributed by atoms with Gasteiger partial charge >= 0.3 is 118 Å². The summed E-state index contributed by atoms with van der Waals surface area (Å²) in [6, 6.07) is 0. The molecule has 0 radical (unpaired) electrons. The molecule has 0 aromatic heterocycles. The number of hydrogen-bond acceptors (Lipinski definition) is 3. The Labute approximate surface area is 118 Å². The molecule has 0 rings (SSSR count). The molecule has 0 aliphatic heterocycles. The quantitative estimate of drug-likeness (QED) is 0.586. The van der Waals surface area contributed by atoms with Gasteiger partial charge in [-0.3, -0.25) is 0 Å². The molecule has 0 aliphatic rings. The van der Waals surface area contributed by atoms with Gasteiger partial charge in [0, 0.05) is 0 Å². The predicted molar refractivity (Wildman–Crippen MR) is 70.1 cm³/mol. The second-order valence-corrected chi connectivity index (χ2v) is 13.2. The summed E-state index contributed by atoms with van der Waals surface area (Å²) in [5.41, 5.74) is 0. The fourth-order valence-corrected chi connectivity index (χ4v) is 3.21. The van der Waals surface area contributed by atoms with Gasteiger partial charge in [0.05, 0.1) is 0 Å². The normalized spacial score (nSPS) is 17.7. The van der Waals surface area contributed by atoms with Crippen LogP contribution in [0.2, 0.25) is 0 Å². The van der Waals surface area contributed by atoms with Crippen molar-refractivity contribution < 1.29 is 23.8 Å². The SMILES string of the molecule is CCCC(OC)C(CC[CH]([InH2])P(=O)(O)O)OC. The van der Waals surface area contributed by atoms with Crippen LogP contribution in [-0.2, 0) is 14.0 Å². The maximum absolute atomic E-state index is 11.1. The molecule has 3 atom stereocenters. The van der Waals surface area contributed by atoms with Crippen molar-refractivity contribution in [3.8, 4) is 0 Å². The van der Waals surface area contributed by atoms with Crippen molar-refractivity contribution >= 4 is 32.0 Å². The van der Waals surface area contributed by atoms with Gasteiger partial charge in [-0.1, -0.05) is 0 Å². The molecule has 3 unspecified atom stereocenters. The van der Waals surface area contributed by atoms with Crippen LogP contribution < -0.4 is 0 Å². The van der Waals surface area contributed by atoms with Crippen LogP contribution >= 0.6 is 7.60 Å². The van der Waals surface area contributed by atoms with Gasteiger partial charge in [0.25, 0.3) is 0 Å². The summed E-state index contributed by atoms with van der Waals surface area (Å²) in [5, 5.41) is 0. The first-order valence-electron chi connectivity index (χ1n) is 5.97. The van der Waals surface area contributed by atoms with Crippen molar-refractivity contribution in [1.29, 1.82) is 0 Å². The number of hydrogen-bond donors (Lipinski definition) is 2. The summed E-state index contributed by atoms with van der Waals surface area (Å²) in [4.78, 5) is 18.1. The fourth-order valence-electron chi connectivity index (χ4n) is 1.77. The van der Waals surface area contributed by atoms with Gasteiger partial charge in [-0.15, -0.1) is 0 Å². The van der Waals surface area contributed by atoms with Crippen LogP contribution in [0.3, 0.4) is 0 Å². The Morgan fingerprint density at radius 1 is 1.12 bits per heavy atom. The molecule has 5 nitrogen and oxygen atoms in total. The van der Waals surface area contributed by atoms with E-state index in [1.165, 1.54) is 0 Å². The van der Waals surface area contributed by atoms with E-state index < -0.39 is 11.0 Å². The predicted octanol–water partition coefficient (Wildman–Crippen LogP) is 0.734. The van der Waals surface area contributed by atoms with Crippen LogP contribution in [0, 0.1) is 0 Å². The summed E-state index contributed by atoms with van der Waals surface area (Å²) in [5.74, 6) is 0. The Hall–Kier alpha value is 0.940. The third-order valence-electron chi connectivity index (χ3n) is 3.04. The fraction of sp³-hybridized carbons (Fsp3) is 1.00. The van der Waals surface area contributed by atoms with Crippen LogP contribution in [0.5, 0.6) is 0 Å². The molecule has 7 heteroatoms. The third-order valence-corrected chi connectivity index (χ3v) is 11.9. The standard InChI is InChI=1S/C10H22O5P.In.2H/c1-4-6-9(14-2)10(15-3)7-5-8-16(11,12)13;;;/h8-10H,4-7H2,1-3H3,(H2,11,12,13);;;. The van der Waals surface area contributed by atoms with Gasteiger partial charge in [-0.2, -0.15) is 0 Å². The summed E-state index contributed by atoms with van der Waals surface area (Å²) in [6.45, 7) is 2.08. The molecule has 102 valence electrons. The van der Waals surface area contributed by atoms with Gasteiger partial charge in [0.2, 0.25) is 0 Å². The van der Waals surface area contributed by atoms with Crippen LogP contribution in [0.4, 0.5) is 0 Å². The molecule has 0 spiro atoms. The summed E-state index contributed by atoms with van der Waals surface area (Å²) in [7, 11) is -0.607. The van der Waals surface area contributed by atoms with E-state index in [0.29, 0.717) is 12.8 Å². The molecule has 0 saturated carbocycles. The van der Waals surface area contributed by atoms with Crippen molar-refractivity contribution in [3.63, 3.8) is 0 Å². The summed E-state index contributed by atoms with van der Waals surface area (Å²) >= 11 is -0.0504. The topological polar surface area (TPSA) is 76.0 Å². The second-order valence-electron chi connectivity index (χ2n) is 4.35. The first-order valence-corrected chi connectivity index (χ1v) is 10.9. The Morgan fingerprint density at radius 3 is 1.94 bits per heavy atom. The molecule has 2 N–H and O–H groups in total. The monoisotopic (exact) mass is 370 g/mol. The molecule has 0 amide bonds. The van der Waals surface area contributed by atoms with Crippen LogP contribution in [0.25, 0.3) is 0 Å². The average molecular weight is 370 g/mol. The van der Waals surface area contributed by atoms with Crippen molar-refractivity contribution in [1.82, 2.24) is 0 Å². The van der Waals surface area contributed by atoms with E-state index in [4.69, 9.17) is 19.3 Å². The number of methoxy groups -OCH3 is 2. The zero-order valence-corrected chi connectivity index (χ0v) is 17.7. The Balaban J connectivity index is 4.26. The molecule has 0 heterocycles. The summed E-state index contributed by atoms with van der Waals surface area (Å²) in [6.07, 6.45) is 3.04. The van der Waals surface area contributed by atoms with E-state index in [0.717, 1.165) is 12.8 Å². The Kier molecular flexibility index (Phi) is 9.44. The minimum atomic E-state index is -3.88. The van der Waals surface area contributed by atoms with Crippen molar-refractivity contribution in [2.75, 3.05) is 14.2 Å². The third kappa shape index (κ3) is 7.19. The molecule has 0 aliphatic carbocycles. The van der Waals surface area contributed by atoms with E-state index in [1.54, 1.807) is 14.2 Å². The van der Waals surface area contributed by atoms with E-state index in [2.05, 4.69) is 6.92 Å². The molecular weight excluding hydrogens is 346 g/mol. The zero-order chi connectivity index (χ0) is 13.5. The van der Waals surface area contributed by atoms with Crippen LogP contribution in [0.15, 0.2) is 0 Å². The average Bonchev–Trinajstić information content (AvgIpc) is 2.26. The number of rotatable bonds is 9. The van der Waals surface area contributed by atoms with Crippen LogP contribution in [0.1, 0.15) is 32.6 Å².